The van der Waals surface area contributed by atoms with E-state index in [9.17, 15) is 9.18 Å². The molecule has 17 heavy (non-hydrogen) atoms. The Morgan fingerprint density at radius 1 is 1.12 bits per heavy atom. The summed E-state index contributed by atoms with van der Waals surface area (Å²) >= 11 is 5.84. The molecular formula is C13H8ClFO2. The monoisotopic (exact) mass is 250 g/mol. The summed E-state index contributed by atoms with van der Waals surface area (Å²) in [5.41, 5.74) is 1.02. The summed E-state index contributed by atoms with van der Waals surface area (Å²) in [6.07, 6.45) is 0. The van der Waals surface area contributed by atoms with Crippen LogP contribution in [0.25, 0.3) is 11.1 Å². The summed E-state index contributed by atoms with van der Waals surface area (Å²) in [6.45, 7) is 0. The highest BCUT2D eigenvalue weighted by Crippen LogP contribution is 2.24. The Hall–Kier alpha value is -1.87. The summed E-state index contributed by atoms with van der Waals surface area (Å²) in [5.74, 6) is -2.03. The normalized spacial score (nSPS) is 10.2. The molecule has 0 radical (unpaired) electrons. The first-order valence-corrected chi connectivity index (χ1v) is 5.24. The Labute approximate surface area is 102 Å². The second-order valence-corrected chi connectivity index (χ2v) is 3.95. The predicted molar refractivity (Wildman–Crippen MR) is 63.8 cm³/mol. The number of halogens is 2. The zero-order chi connectivity index (χ0) is 12.4. The molecule has 2 nitrogen and oxygen atoms in total. The number of hydrogen-bond donors (Lipinski definition) is 1. The molecule has 0 saturated heterocycles. The van der Waals surface area contributed by atoms with Gasteiger partial charge in [-0.05, 0) is 35.4 Å². The third-order valence-corrected chi connectivity index (χ3v) is 2.59. The van der Waals surface area contributed by atoms with Gasteiger partial charge < -0.3 is 5.11 Å². The van der Waals surface area contributed by atoms with Crippen LogP contribution < -0.4 is 0 Å². The molecule has 0 atom stereocenters. The van der Waals surface area contributed by atoms with Crippen LogP contribution in [-0.4, -0.2) is 11.1 Å². The van der Waals surface area contributed by atoms with E-state index in [0.717, 1.165) is 11.6 Å². The number of carboxylic acid groups (broad SMARTS) is 1. The van der Waals surface area contributed by atoms with Crippen molar-refractivity contribution in [1.82, 2.24) is 0 Å². The second-order valence-electron chi connectivity index (χ2n) is 3.51. The minimum atomic E-state index is -1.29. The van der Waals surface area contributed by atoms with E-state index < -0.39 is 11.8 Å². The lowest BCUT2D eigenvalue weighted by Crippen LogP contribution is -2.00. The lowest BCUT2D eigenvalue weighted by atomic mass is 10.0. The van der Waals surface area contributed by atoms with E-state index in [1.54, 1.807) is 24.3 Å². The highest BCUT2D eigenvalue weighted by Gasteiger charge is 2.11. The van der Waals surface area contributed by atoms with Crippen LogP contribution >= 0.6 is 11.6 Å². The first-order chi connectivity index (χ1) is 8.08. The van der Waals surface area contributed by atoms with Crippen LogP contribution in [0.3, 0.4) is 0 Å². The summed E-state index contributed by atoms with van der Waals surface area (Å²) in [7, 11) is 0. The first kappa shape index (κ1) is 11.6. The van der Waals surface area contributed by atoms with Crippen molar-refractivity contribution in [2.24, 2.45) is 0 Å². The van der Waals surface area contributed by atoms with Crippen molar-refractivity contribution in [3.8, 4) is 11.1 Å². The van der Waals surface area contributed by atoms with Crippen LogP contribution in [0, 0.1) is 5.82 Å². The van der Waals surface area contributed by atoms with E-state index in [-0.39, 0.29) is 5.56 Å². The van der Waals surface area contributed by atoms with Gasteiger partial charge in [0, 0.05) is 5.02 Å². The Bertz CT molecular complexity index is 581. The van der Waals surface area contributed by atoms with Gasteiger partial charge in [0.25, 0.3) is 0 Å². The number of hydrogen-bond acceptors (Lipinski definition) is 1. The first-order valence-electron chi connectivity index (χ1n) is 4.87. The molecule has 0 heterocycles. The average molecular weight is 251 g/mol. The van der Waals surface area contributed by atoms with E-state index in [1.807, 2.05) is 0 Å². The van der Waals surface area contributed by atoms with Gasteiger partial charge in [-0.3, -0.25) is 0 Å². The van der Waals surface area contributed by atoms with Gasteiger partial charge in [-0.2, -0.15) is 0 Å². The molecular weight excluding hydrogens is 243 g/mol. The van der Waals surface area contributed by atoms with Crippen LogP contribution in [0.1, 0.15) is 10.4 Å². The van der Waals surface area contributed by atoms with E-state index in [0.29, 0.717) is 10.6 Å². The molecule has 2 rings (SSSR count). The molecule has 0 saturated carbocycles. The molecule has 0 aromatic heterocycles. The lowest BCUT2D eigenvalue weighted by Gasteiger charge is -2.04. The molecule has 0 aliphatic heterocycles. The van der Waals surface area contributed by atoms with Crippen LogP contribution in [0.4, 0.5) is 4.39 Å². The highest BCUT2D eigenvalue weighted by molar-refractivity contribution is 6.30. The molecule has 0 amide bonds. The average Bonchev–Trinajstić information content (AvgIpc) is 2.29. The minimum absolute atomic E-state index is 0.345. The maximum atomic E-state index is 13.2. The Kier molecular flexibility index (Phi) is 3.11. The van der Waals surface area contributed by atoms with Gasteiger partial charge in [-0.25, -0.2) is 9.18 Å². The van der Waals surface area contributed by atoms with Gasteiger partial charge >= 0.3 is 5.97 Å². The number of benzene rings is 2. The summed E-state index contributed by atoms with van der Waals surface area (Å²) in [5, 5.41) is 9.37. The van der Waals surface area contributed by atoms with Gasteiger partial charge in [0.1, 0.15) is 5.82 Å². The molecule has 0 aliphatic carbocycles. The second kappa shape index (κ2) is 4.55. The van der Waals surface area contributed by atoms with Crippen LogP contribution in [0.5, 0.6) is 0 Å². The standard InChI is InChI=1S/C13H8ClFO2/c14-10-3-1-2-8(6-10)9-4-5-12(15)11(7-9)13(16)17/h1-7H,(H,16,17). The SMILES string of the molecule is O=C(O)c1cc(-c2cccc(Cl)c2)ccc1F. The molecule has 0 fully saturated rings. The van der Waals surface area contributed by atoms with E-state index in [1.165, 1.54) is 12.1 Å². The van der Waals surface area contributed by atoms with Gasteiger partial charge in [0.15, 0.2) is 0 Å². The van der Waals surface area contributed by atoms with Crippen molar-refractivity contribution in [2.45, 2.75) is 0 Å². The van der Waals surface area contributed by atoms with Crippen molar-refractivity contribution in [2.75, 3.05) is 0 Å². The fourth-order valence-corrected chi connectivity index (χ4v) is 1.73. The van der Waals surface area contributed by atoms with Gasteiger partial charge in [0.05, 0.1) is 5.56 Å². The molecule has 0 bridgehead atoms. The summed E-state index contributed by atoms with van der Waals surface area (Å²) in [4.78, 5) is 10.8. The molecule has 0 unspecified atom stereocenters. The largest absolute Gasteiger partial charge is 0.478 e. The molecule has 0 aliphatic rings. The number of aromatic carboxylic acids is 1. The Balaban J connectivity index is 2.54. The minimum Gasteiger partial charge on any atom is -0.478 e. The molecule has 4 heteroatoms. The zero-order valence-electron chi connectivity index (χ0n) is 8.65. The predicted octanol–water partition coefficient (Wildman–Crippen LogP) is 3.84. The summed E-state index contributed by atoms with van der Waals surface area (Å²) < 4.78 is 13.2. The van der Waals surface area contributed by atoms with Crippen molar-refractivity contribution < 1.29 is 14.3 Å². The van der Waals surface area contributed by atoms with Crippen LogP contribution in [0.2, 0.25) is 5.02 Å². The molecule has 0 spiro atoms. The van der Waals surface area contributed by atoms with Gasteiger partial charge in [-0.1, -0.05) is 29.8 Å². The fourth-order valence-electron chi connectivity index (χ4n) is 1.54. The third kappa shape index (κ3) is 2.45. The van der Waals surface area contributed by atoms with Crippen LogP contribution in [-0.2, 0) is 0 Å². The van der Waals surface area contributed by atoms with Crippen molar-refractivity contribution >= 4 is 17.6 Å². The quantitative estimate of drug-likeness (QED) is 0.879. The third-order valence-electron chi connectivity index (χ3n) is 2.35. The Morgan fingerprint density at radius 3 is 2.47 bits per heavy atom. The molecule has 2 aromatic rings. The maximum absolute atomic E-state index is 13.2. The molecule has 1 N–H and O–H groups in total. The lowest BCUT2D eigenvalue weighted by molar-refractivity contribution is 0.0692. The van der Waals surface area contributed by atoms with Crippen LogP contribution in [0.15, 0.2) is 42.5 Å². The van der Waals surface area contributed by atoms with Crippen molar-refractivity contribution in [3.63, 3.8) is 0 Å². The molecule has 86 valence electrons. The number of rotatable bonds is 2. The zero-order valence-corrected chi connectivity index (χ0v) is 9.41. The fraction of sp³-hybridized carbons (Fsp3) is 0. The number of carbonyl (C=O) groups is 1. The van der Waals surface area contributed by atoms with E-state index >= 15 is 0 Å². The molecule has 2 aromatic carbocycles. The summed E-state index contributed by atoms with van der Waals surface area (Å²) in [6, 6.07) is 10.9. The van der Waals surface area contributed by atoms with E-state index in [2.05, 4.69) is 0 Å². The van der Waals surface area contributed by atoms with Crippen molar-refractivity contribution in [1.29, 1.82) is 0 Å². The maximum Gasteiger partial charge on any atom is 0.338 e. The highest BCUT2D eigenvalue weighted by atomic mass is 35.5. The smallest absolute Gasteiger partial charge is 0.338 e. The van der Waals surface area contributed by atoms with Gasteiger partial charge in [0.2, 0.25) is 0 Å². The van der Waals surface area contributed by atoms with Gasteiger partial charge in [-0.15, -0.1) is 0 Å². The van der Waals surface area contributed by atoms with E-state index in [4.69, 9.17) is 16.7 Å². The topological polar surface area (TPSA) is 37.3 Å². The van der Waals surface area contributed by atoms with Crippen molar-refractivity contribution in [3.05, 3.63) is 58.9 Å². The number of carboxylic acids is 1. The Morgan fingerprint density at radius 2 is 1.82 bits per heavy atom.